The van der Waals surface area contributed by atoms with E-state index in [0.29, 0.717) is 57.8 Å². The van der Waals surface area contributed by atoms with E-state index in [1.807, 2.05) is 83.2 Å². The van der Waals surface area contributed by atoms with Crippen LogP contribution in [0.2, 0.25) is 0 Å². The summed E-state index contributed by atoms with van der Waals surface area (Å²) in [6.07, 6.45) is 2.89. The number of esters is 2. The van der Waals surface area contributed by atoms with E-state index in [2.05, 4.69) is 77.8 Å². The van der Waals surface area contributed by atoms with Gasteiger partial charge in [-0.2, -0.15) is 0 Å². The molecule has 11 rings (SSSR count). The number of methoxy groups -OCH3 is 1. The lowest BCUT2D eigenvalue weighted by molar-refractivity contribution is -0.149. The van der Waals surface area contributed by atoms with Crippen LogP contribution in [-0.2, 0) is 67.1 Å². The monoisotopic (exact) mass is 1350 g/mol. The zero-order chi connectivity index (χ0) is 69.1. The van der Waals surface area contributed by atoms with Gasteiger partial charge in [-0.15, -0.1) is 0 Å². The fourth-order valence-electron chi connectivity index (χ4n) is 12.3. The van der Waals surface area contributed by atoms with Crippen molar-refractivity contribution in [3.63, 3.8) is 0 Å². The van der Waals surface area contributed by atoms with Crippen molar-refractivity contribution in [1.29, 1.82) is 0 Å². The molecular formula is C76H80BN3O17P+. The van der Waals surface area contributed by atoms with Gasteiger partial charge < -0.3 is 61.4 Å². The van der Waals surface area contributed by atoms with Crippen molar-refractivity contribution in [2.75, 3.05) is 47.1 Å². The summed E-state index contributed by atoms with van der Waals surface area (Å²) >= 11 is 0. The second-order valence-corrected chi connectivity index (χ2v) is 29.3. The molecule has 20 nitrogen and oxygen atoms in total. The minimum Gasteiger partial charge on any atom is -0.489 e. The number of benzene rings is 7. The summed E-state index contributed by atoms with van der Waals surface area (Å²) in [4.78, 5) is 87.4. The number of amides is 2. The third-order valence-electron chi connectivity index (χ3n) is 18.4. The number of carbonyl (C=O) groups excluding carboxylic acids is 5. The molecule has 1 fully saturated rings. The van der Waals surface area contributed by atoms with E-state index in [-0.39, 0.29) is 61.6 Å². The predicted octanol–water partition coefficient (Wildman–Crippen LogP) is 11.9. The van der Waals surface area contributed by atoms with Crippen molar-refractivity contribution in [2.24, 2.45) is 11.8 Å². The van der Waals surface area contributed by atoms with Crippen LogP contribution in [0.1, 0.15) is 82.1 Å². The van der Waals surface area contributed by atoms with Crippen molar-refractivity contribution >= 4 is 77.1 Å². The van der Waals surface area contributed by atoms with Crippen molar-refractivity contribution in [2.45, 2.75) is 104 Å². The van der Waals surface area contributed by atoms with Crippen LogP contribution in [0.15, 0.2) is 196 Å². The molecule has 0 N–H and O–H groups in total. The Hall–Kier alpha value is -9.82. The molecule has 3 heterocycles. The quantitative estimate of drug-likeness (QED) is 0.00985. The fraction of sp³-hybridized carbons (Fsp3) is 0.329. The maximum atomic E-state index is 14.2. The van der Waals surface area contributed by atoms with Crippen molar-refractivity contribution in [1.82, 2.24) is 14.8 Å². The molecular weight excluding hydrogens is 1270 g/mol. The number of likely N-dealkylation sites (N-methyl/N-ethyl adjacent to an activating group) is 2. The molecule has 0 saturated carbocycles. The second-order valence-electron chi connectivity index (χ2n) is 25.7. The molecule has 0 bridgehead atoms. The van der Waals surface area contributed by atoms with Gasteiger partial charge >= 0.3 is 37.4 Å². The van der Waals surface area contributed by atoms with Gasteiger partial charge in [0.25, 0.3) is 6.29 Å². The summed E-state index contributed by atoms with van der Waals surface area (Å²) < 4.78 is 65.2. The first-order valence-corrected chi connectivity index (χ1v) is 34.7. The van der Waals surface area contributed by atoms with Crippen LogP contribution in [0.5, 0.6) is 11.5 Å². The molecule has 3 aliphatic heterocycles. The molecule has 5 aliphatic rings. The van der Waals surface area contributed by atoms with Crippen molar-refractivity contribution in [3.8, 4) is 23.0 Å². The molecule has 2 amide bonds. The minimum absolute atomic E-state index is 0.00540. The van der Waals surface area contributed by atoms with Gasteiger partial charge in [0.2, 0.25) is 0 Å². The largest absolute Gasteiger partial charge is 0.511 e. The predicted molar refractivity (Wildman–Crippen MR) is 371 cm³/mol. The smallest absolute Gasteiger partial charge is 0.489 e. The SMILES string of the molecule is COC(=O)C1=CO[C@@H](OC(=O)OCc2cc(C)cc(COc3ccc4nc5ccc(=O)cc-5oc4c3)c2OC(=O)N(C)CCN(C)C(=O)OCc2ccc(B3OC(C)(C)C(C)(C)O3)cc2)[C@@H]2C(COC(=O)CCCCC[P+](c3ccccc3)(c3ccccc3)c3ccccc3)=CC[C@H]12. The maximum absolute atomic E-state index is 14.2. The van der Waals surface area contributed by atoms with Gasteiger partial charge in [-0.25, -0.2) is 24.2 Å². The number of nitrogens with zero attached hydrogens (tertiary/aromatic N) is 3. The maximum Gasteiger partial charge on any atom is 0.511 e. The Morgan fingerprint density at radius 3 is 1.95 bits per heavy atom. The number of carbonyl (C=O) groups is 5. The van der Waals surface area contributed by atoms with E-state index in [1.165, 1.54) is 58.3 Å². The summed E-state index contributed by atoms with van der Waals surface area (Å²) in [5.74, 6) is -1.65. The number of hydrogen-bond acceptors (Lipinski definition) is 18. The Kier molecular flexibility index (Phi) is 21.8. The van der Waals surface area contributed by atoms with Crippen LogP contribution >= 0.6 is 7.26 Å². The van der Waals surface area contributed by atoms with Crippen LogP contribution in [0, 0.1) is 18.8 Å². The summed E-state index contributed by atoms with van der Waals surface area (Å²) in [7, 11) is 1.75. The highest BCUT2D eigenvalue weighted by atomic mass is 31.2. The Labute approximate surface area is 570 Å². The van der Waals surface area contributed by atoms with E-state index in [1.54, 1.807) is 43.4 Å². The molecule has 1 saturated heterocycles. The standard InChI is InChI=1S/C76H80BN3O17P/c1-50-41-53(47-88-57-34-37-64-66(44-57)93-65-43-56(81)33-36-63(65)78-64)69(94-73(85)80(7)39-38-79(6)72(84)91-45-51-28-31-55(32-29-51)77-96-75(2,3)76(4,5)97-77)54(42-50)48-92-74(86)95-71-68-52(30-35-61(68)62(49-90-71)70(83)87-8)46-89-67(82)27-19-12-20-40-98(58-21-13-9-14-22-58,59-23-15-10-16-24-59)60-25-17-11-18-26-60/h9-11,13-18,21-26,28-34,36-37,41-44,49,61,68,71H,12,19-20,27,35,38-40,45-48H2,1-8H3/q+1/t61-,68-,71+/m1/s1. The lowest BCUT2D eigenvalue weighted by Gasteiger charge is -2.34. The van der Waals surface area contributed by atoms with Gasteiger partial charge in [0.1, 0.15) is 72.3 Å². The minimum atomic E-state index is -2.04. The molecule has 0 spiro atoms. The first kappa shape index (κ1) is 69.5. The zero-order valence-electron chi connectivity index (χ0n) is 56.3. The average Bonchev–Trinajstić information content (AvgIpc) is 1.39. The number of hydrogen-bond donors (Lipinski definition) is 0. The number of aryl methyl sites for hydroxylation is 1. The number of ether oxygens (including phenoxy) is 8. The Bertz CT molecular complexity index is 4150. The molecule has 0 aromatic heterocycles. The lowest BCUT2D eigenvalue weighted by Crippen LogP contribution is -2.41. The van der Waals surface area contributed by atoms with Gasteiger partial charge in [-0.05, 0) is 150 Å². The van der Waals surface area contributed by atoms with Gasteiger partial charge in [-0.3, -0.25) is 9.59 Å². The third-order valence-corrected chi connectivity index (χ3v) is 22.9. The first-order chi connectivity index (χ1) is 47.2. The molecule has 22 heteroatoms. The summed E-state index contributed by atoms with van der Waals surface area (Å²) in [5.41, 5.74) is 3.89. The van der Waals surface area contributed by atoms with E-state index >= 15 is 0 Å². The number of aromatic nitrogens is 1. The Morgan fingerprint density at radius 1 is 0.673 bits per heavy atom. The summed E-state index contributed by atoms with van der Waals surface area (Å²) in [6, 6.07) is 52.3. The second kappa shape index (κ2) is 30.7. The van der Waals surface area contributed by atoms with E-state index in [4.69, 9.17) is 51.6 Å². The number of allylic oxidation sites excluding steroid dienone is 1. The third kappa shape index (κ3) is 16.1. The highest BCUT2D eigenvalue weighted by Crippen LogP contribution is 2.56. The van der Waals surface area contributed by atoms with Crippen LogP contribution in [-0.4, -0.2) is 117 Å². The summed E-state index contributed by atoms with van der Waals surface area (Å²) in [5, 5.41) is 3.90. The molecule has 6 aromatic rings. The molecule has 2 aliphatic carbocycles. The molecule has 6 aromatic carbocycles. The van der Waals surface area contributed by atoms with E-state index in [9.17, 15) is 28.8 Å². The number of fused-ring (bicyclic) bond motifs is 3. The van der Waals surface area contributed by atoms with Crippen molar-refractivity contribution in [3.05, 3.63) is 220 Å². The fourth-order valence-corrected chi connectivity index (χ4v) is 16.7. The van der Waals surface area contributed by atoms with Crippen LogP contribution in [0.4, 0.5) is 14.4 Å². The van der Waals surface area contributed by atoms with Crippen LogP contribution in [0.3, 0.4) is 0 Å². The zero-order valence-corrected chi connectivity index (χ0v) is 57.2. The molecule has 3 atom stereocenters. The molecule has 0 radical (unpaired) electrons. The Balaban J connectivity index is 0.733. The normalized spacial score (nSPS) is 16.8. The van der Waals surface area contributed by atoms with E-state index in [0.717, 1.165) is 30.0 Å². The van der Waals surface area contributed by atoms with Gasteiger partial charge in [-0.1, -0.05) is 90.5 Å². The Morgan fingerprint density at radius 2 is 1.31 bits per heavy atom. The molecule has 508 valence electrons. The van der Waals surface area contributed by atoms with Crippen LogP contribution < -0.4 is 36.3 Å². The molecule has 0 unspecified atom stereocenters. The highest BCUT2D eigenvalue weighted by molar-refractivity contribution is 7.95. The summed E-state index contributed by atoms with van der Waals surface area (Å²) in [6.45, 7) is 9.07. The highest BCUT2D eigenvalue weighted by Gasteiger charge is 2.52. The number of unbranched alkanes of at least 4 members (excludes halogenated alkanes) is 2. The van der Waals surface area contributed by atoms with E-state index < -0.39 is 80.6 Å². The average molecular weight is 1350 g/mol. The number of rotatable bonds is 25. The van der Waals surface area contributed by atoms with Crippen LogP contribution in [0.25, 0.3) is 22.6 Å². The lowest BCUT2D eigenvalue weighted by atomic mass is 9.79. The first-order valence-electron chi connectivity index (χ1n) is 32.7. The molecule has 98 heavy (non-hydrogen) atoms. The van der Waals surface area contributed by atoms with Gasteiger partial charge in [0, 0.05) is 62.8 Å². The topological polar surface area (TPSA) is 227 Å². The van der Waals surface area contributed by atoms with Crippen molar-refractivity contribution < 1.29 is 75.6 Å². The van der Waals surface area contributed by atoms with Gasteiger partial charge in [0.05, 0.1) is 42.2 Å². The van der Waals surface area contributed by atoms with Gasteiger partial charge in [0.15, 0.2) is 16.8 Å².